The second-order valence-electron chi connectivity index (χ2n) is 3.28. The molecule has 0 heterocycles. The zero-order valence-electron chi connectivity index (χ0n) is 8.59. The summed E-state index contributed by atoms with van der Waals surface area (Å²) in [5.74, 6) is 0. The van der Waals surface area contributed by atoms with Crippen molar-refractivity contribution in [3.63, 3.8) is 0 Å². The summed E-state index contributed by atoms with van der Waals surface area (Å²) in [7, 11) is 0. The third-order valence-corrected chi connectivity index (χ3v) is 1.25. The Morgan fingerprint density at radius 2 is 1.58 bits per heavy atom. The topological polar surface area (TPSA) is 30.5 Å². The van der Waals surface area contributed by atoms with Crippen molar-refractivity contribution >= 4 is 0 Å². The summed E-state index contributed by atoms with van der Waals surface area (Å²) in [4.78, 5) is 0. The van der Waals surface area contributed by atoms with Gasteiger partial charge in [0.1, 0.15) is 0 Å². The summed E-state index contributed by atoms with van der Waals surface area (Å²) < 4.78 is 10.6. The summed E-state index contributed by atoms with van der Waals surface area (Å²) in [6.45, 7) is 10.3. The molecule has 0 aliphatic heterocycles. The van der Waals surface area contributed by atoms with Crippen LogP contribution in [0.3, 0.4) is 0 Å². The van der Waals surface area contributed by atoms with Gasteiger partial charge in [0.15, 0.2) is 0 Å². The summed E-state index contributed by atoms with van der Waals surface area (Å²) >= 11 is 0. The first-order chi connectivity index (χ1) is 5.63. The Balaban J connectivity index is 2.91. The Morgan fingerprint density at radius 1 is 1.00 bits per heavy atom. The lowest BCUT2D eigenvalue weighted by atomic mass is 10.5. The van der Waals surface area contributed by atoms with E-state index in [0.29, 0.717) is 18.9 Å². The molecule has 0 aromatic heterocycles. The van der Waals surface area contributed by atoms with Crippen molar-refractivity contribution in [2.45, 2.75) is 39.9 Å². The minimum absolute atomic E-state index is 0.295. The molecule has 0 aliphatic rings. The lowest BCUT2D eigenvalue weighted by Crippen LogP contribution is -2.25. The van der Waals surface area contributed by atoms with Crippen molar-refractivity contribution in [2.24, 2.45) is 0 Å². The average Bonchev–Trinajstić information content (AvgIpc) is 1.95. The van der Waals surface area contributed by atoms with E-state index < -0.39 is 0 Å². The highest BCUT2D eigenvalue weighted by Crippen LogP contribution is 1.86. The lowest BCUT2D eigenvalue weighted by Gasteiger charge is -2.10. The van der Waals surface area contributed by atoms with Crippen LogP contribution < -0.4 is 5.32 Å². The zero-order valence-corrected chi connectivity index (χ0v) is 8.59. The molecule has 1 N–H and O–H groups in total. The third kappa shape index (κ3) is 9.88. The molecular weight excluding hydrogens is 154 g/mol. The van der Waals surface area contributed by atoms with Crippen molar-refractivity contribution in [3.05, 3.63) is 0 Å². The molecule has 3 nitrogen and oxygen atoms in total. The van der Waals surface area contributed by atoms with Crippen LogP contribution in [0.5, 0.6) is 0 Å². The van der Waals surface area contributed by atoms with Gasteiger partial charge in [-0.1, -0.05) is 0 Å². The van der Waals surface area contributed by atoms with E-state index >= 15 is 0 Å². The molecule has 0 saturated carbocycles. The molecule has 0 radical (unpaired) electrons. The van der Waals surface area contributed by atoms with Crippen LogP contribution in [-0.4, -0.2) is 32.1 Å². The maximum absolute atomic E-state index is 5.33. The van der Waals surface area contributed by atoms with Crippen LogP contribution in [0.4, 0.5) is 0 Å². The van der Waals surface area contributed by atoms with E-state index in [0.717, 1.165) is 13.2 Å². The summed E-state index contributed by atoms with van der Waals surface area (Å²) in [6, 6.07) is 0. The first-order valence-corrected chi connectivity index (χ1v) is 4.57. The van der Waals surface area contributed by atoms with Gasteiger partial charge < -0.3 is 9.47 Å². The molecule has 0 fully saturated rings. The Morgan fingerprint density at radius 3 is 2.08 bits per heavy atom. The van der Waals surface area contributed by atoms with Crippen LogP contribution in [0.15, 0.2) is 0 Å². The normalized spacial score (nSPS) is 11.5. The van der Waals surface area contributed by atoms with E-state index in [1.54, 1.807) is 0 Å². The first-order valence-electron chi connectivity index (χ1n) is 4.57. The Labute approximate surface area is 75.4 Å². The van der Waals surface area contributed by atoms with Crippen molar-refractivity contribution in [3.8, 4) is 0 Å². The highest BCUT2D eigenvalue weighted by atomic mass is 16.5. The van der Waals surface area contributed by atoms with Crippen LogP contribution in [0.2, 0.25) is 0 Å². The number of rotatable bonds is 7. The van der Waals surface area contributed by atoms with Gasteiger partial charge in [-0.25, -0.2) is 0 Å². The second kappa shape index (κ2) is 7.53. The van der Waals surface area contributed by atoms with E-state index in [-0.39, 0.29) is 0 Å². The van der Waals surface area contributed by atoms with Crippen molar-refractivity contribution in [1.29, 1.82) is 0 Å². The van der Waals surface area contributed by atoms with Crippen LogP contribution >= 0.6 is 0 Å². The molecule has 74 valence electrons. The molecule has 12 heavy (non-hydrogen) atoms. The van der Waals surface area contributed by atoms with Crippen LogP contribution in [0.25, 0.3) is 0 Å². The maximum atomic E-state index is 5.33. The highest BCUT2D eigenvalue weighted by Gasteiger charge is 1.93. The standard InChI is InChI=1S/C9H21NO2/c1-8(2)11-6-5-10-7-12-9(3)4/h8-10H,5-7H2,1-4H3. The van der Waals surface area contributed by atoms with Gasteiger partial charge in [-0.2, -0.15) is 0 Å². The largest absolute Gasteiger partial charge is 0.377 e. The van der Waals surface area contributed by atoms with Crippen molar-refractivity contribution < 1.29 is 9.47 Å². The van der Waals surface area contributed by atoms with Crippen molar-refractivity contribution in [1.82, 2.24) is 5.32 Å². The minimum atomic E-state index is 0.295. The first kappa shape index (κ1) is 11.9. The van der Waals surface area contributed by atoms with E-state index in [1.165, 1.54) is 0 Å². The average molecular weight is 175 g/mol. The van der Waals surface area contributed by atoms with Gasteiger partial charge in [0.05, 0.1) is 25.5 Å². The molecule has 0 saturated heterocycles. The molecular formula is C9H21NO2. The van der Waals surface area contributed by atoms with Gasteiger partial charge in [0.2, 0.25) is 0 Å². The van der Waals surface area contributed by atoms with E-state index in [2.05, 4.69) is 5.32 Å². The number of hydrogen-bond donors (Lipinski definition) is 1. The summed E-state index contributed by atoms with van der Waals surface area (Å²) in [5, 5.41) is 3.12. The molecule has 0 atom stereocenters. The second-order valence-corrected chi connectivity index (χ2v) is 3.28. The SMILES string of the molecule is CC(C)OCCNCOC(C)C. The minimum Gasteiger partial charge on any atom is -0.377 e. The maximum Gasteiger partial charge on any atom is 0.0969 e. The van der Waals surface area contributed by atoms with Crippen LogP contribution in [0.1, 0.15) is 27.7 Å². The van der Waals surface area contributed by atoms with E-state index in [4.69, 9.17) is 9.47 Å². The van der Waals surface area contributed by atoms with Gasteiger partial charge in [0.25, 0.3) is 0 Å². The lowest BCUT2D eigenvalue weighted by molar-refractivity contribution is 0.0465. The van der Waals surface area contributed by atoms with Gasteiger partial charge in [-0.05, 0) is 27.7 Å². The molecule has 0 aromatic carbocycles. The van der Waals surface area contributed by atoms with Gasteiger partial charge in [0, 0.05) is 6.54 Å². The molecule has 3 heteroatoms. The molecule has 0 rings (SSSR count). The Kier molecular flexibility index (Phi) is 7.45. The highest BCUT2D eigenvalue weighted by molar-refractivity contribution is 4.42. The number of nitrogens with one attached hydrogen (secondary N) is 1. The molecule has 0 amide bonds. The summed E-state index contributed by atoms with van der Waals surface area (Å²) in [6.07, 6.45) is 0.612. The Bertz CT molecular complexity index is 82.5. The molecule has 0 spiro atoms. The fourth-order valence-corrected chi connectivity index (χ4v) is 0.665. The molecule has 0 unspecified atom stereocenters. The summed E-state index contributed by atoms with van der Waals surface area (Å²) in [5.41, 5.74) is 0. The van der Waals surface area contributed by atoms with Gasteiger partial charge in [-0.15, -0.1) is 0 Å². The fourth-order valence-electron chi connectivity index (χ4n) is 0.665. The molecule has 0 aromatic rings. The van der Waals surface area contributed by atoms with Crippen LogP contribution in [-0.2, 0) is 9.47 Å². The Hall–Kier alpha value is -0.120. The number of ether oxygens (including phenoxy) is 2. The predicted molar refractivity (Wildman–Crippen MR) is 50.2 cm³/mol. The fraction of sp³-hybridized carbons (Fsp3) is 1.00. The molecule has 0 aliphatic carbocycles. The van der Waals surface area contributed by atoms with E-state index in [1.807, 2.05) is 27.7 Å². The third-order valence-electron chi connectivity index (χ3n) is 1.25. The molecule has 0 bridgehead atoms. The van der Waals surface area contributed by atoms with Crippen LogP contribution in [0, 0.1) is 0 Å². The van der Waals surface area contributed by atoms with E-state index in [9.17, 15) is 0 Å². The zero-order chi connectivity index (χ0) is 9.40. The monoisotopic (exact) mass is 175 g/mol. The van der Waals surface area contributed by atoms with Crippen molar-refractivity contribution in [2.75, 3.05) is 19.9 Å². The van der Waals surface area contributed by atoms with Gasteiger partial charge in [-0.3, -0.25) is 5.32 Å². The number of hydrogen-bond acceptors (Lipinski definition) is 3. The smallest absolute Gasteiger partial charge is 0.0969 e. The predicted octanol–water partition coefficient (Wildman–Crippen LogP) is 1.38. The quantitative estimate of drug-likeness (QED) is 0.468. The van der Waals surface area contributed by atoms with Gasteiger partial charge >= 0.3 is 0 Å².